The van der Waals surface area contributed by atoms with Crippen LogP contribution in [0.5, 0.6) is 11.5 Å². The molecule has 0 atom stereocenters. The summed E-state index contributed by atoms with van der Waals surface area (Å²) in [5.74, 6) is 0.785. The molecule has 21 heavy (non-hydrogen) atoms. The van der Waals surface area contributed by atoms with Crippen LogP contribution < -0.4 is 20.5 Å². The minimum atomic E-state index is -0.356. The first-order valence-corrected chi connectivity index (χ1v) is 7.05. The van der Waals surface area contributed by atoms with Crippen molar-refractivity contribution in [1.82, 2.24) is 4.98 Å². The number of benzene rings is 1. The van der Waals surface area contributed by atoms with E-state index in [9.17, 15) is 4.79 Å². The fourth-order valence-corrected chi connectivity index (χ4v) is 2.38. The van der Waals surface area contributed by atoms with Crippen LogP contribution in [0.3, 0.4) is 0 Å². The van der Waals surface area contributed by atoms with E-state index in [1.807, 2.05) is 0 Å². The van der Waals surface area contributed by atoms with Crippen LogP contribution in [-0.4, -0.2) is 24.1 Å². The SMILES string of the molecule is Nc1cc2c(cc1NC(=O)c1ncccc1Br)OCCO2. The number of ether oxygens (including phenoxy) is 2. The van der Waals surface area contributed by atoms with E-state index in [1.165, 1.54) is 0 Å². The molecule has 108 valence electrons. The Kier molecular flexibility index (Phi) is 3.66. The van der Waals surface area contributed by atoms with Gasteiger partial charge in [-0.2, -0.15) is 0 Å². The van der Waals surface area contributed by atoms with Gasteiger partial charge in [-0.05, 0) is 28.1 Å². The second-order valence-corrected chi connectivity index (χ2v) is 5.23. The van der Waals surface area contributed by atoms with E-state index in [0.717, 1.165) is 0 Å². The Balaban J connectivity index is 1.88. The Morgan fingerprint density at radius 3 is 2.71 bits per heavy atom. The highest BCUT2D eigenvalue weighted by Crippen LogP contribution is 2.37. The zero-order valence-corrected chi connectivity index (χ0v) is 12.5. The number of carbonyl (C=O) groups excluding carboxylic acids is 1. The summed E-state index contributed by atoms with van der Waals surface area (Å²) in [6, 6.07) is 6.77. The standard InChI is InChI=1S/C14H12BrN3O3/c15-8-2-1-3-17-13(8)14(19)18-10-7-12-11(6-9(10)16)20-4-5-21-12/h1-3,6-7H,4-5,16H2,(H,18,19). The molecule has 0 radical (unpaired) electrons. The molecule has 1 aliphatic rings. The molecule has 1 amide bonds. The van der Waals surface area contributed by atoms with E-state index in [-0.39, 0.29) is 11.6 Å². The Hall–Kier alpha value is -2.28. The molecule has 0 fully saturated rings. The molecule has 7 heteroatoms. The maximum atomic E-state index is 12.2. The molecular formula is C14H12BrN3O3. The van der Waals surface area contributed by atoms with Gasteiger partial charge in [-0.25, -0.2) is 4.98 Å². The Labute approximate surface area is 129 Å². The zero-order valence-electron chi connectivity index (χ0n) is 10.9. The molecule has 6 nitrogen and oxygen atoms in total. The lowest BCUT2D eigenvalue weighted by molar-refractivity contribution is 0.102. The lowest BCUT2D eigenvalue weighted by Crippen LogP contribution is -2.18. The van der Waals surface area contributed by atoms with Gasteiger partial charge in [0.1, 0.15) is 18.9 Å². The van der Waals surface area contributed by atoms with Crippen molar-refractivity contribution in [2.75, 3.05) is 24.3 Å². The second kappa shape index (κ2) is 5.61. The van der Waals surface area contributed by atoms with Crippen molar-refractivity contribution < 1.29 is 14.3 Å². The van der Waals surface area contributed by atoms with Crippen molar-refractivity contribution in [1.29, 1.82) is 0 Å². The molecule has 0 aliphatic carbocycles. The third-order valence-electron chi connectivity index (χ3n) is 2.94. The molecule has 0 saturated carbocycles. The van der Waals surface area contributed by atoms with Crippen molar-refractivity contribution in [3.63, 3.8) is 0 Å². The molecule has 0 saturated heterocycles. The lowest BCUT2D eigenvalue weighted by atomic mass is 10.2. The molecule has 0 unspecified atom stereocenters. The van der Waals surface area contributed by atoms with Crippen LogP contribution in [0.15, 0.2) is 34.9 Å². The molecule has 3 N–H and O–H groups in total. The van der Waals surface area contributed by atoms with Crippen LogP contribution in [-0.2, 0) is 0 Å². The quantitative estimate of drug-likeness (QED) is 0.813. The van der Waals surface area contributed by atoms with Crippen molar-refractivity contribution in [2.24, 2.45) is 0 Å². The van der Waals surface area contributed by atoms with Gasteiger partial charge < -0.3 is 20.5 Å². The predicted molar refractivity (Wildman–Crippen MR) is 81.7 cm³/mol. The van der Waals surface area contributed by atoms with Crippen molar-refractivity contribution in [2.45, 2.75) is 0 Å². The predicted octanol–water partition coefficient (Wildman–Crippen LogP) is 2.45. The van der Waals surface area contributed by atoms with Crippen LogP contribution in [0.2, 0.25) is 0 Å². The van der Waals surface area contributed by atoms with Crippen LogP contribution in [0.1, 0.15) is 10.5 Å². The number of carbonyl (C=O) groups is 1. The highest BCUT2D eigenvalue weighted by atomic mass is 79.9. The van der Waals surface area contributed by atoms with Gasteiger partial charge in [-0.15, -0.1) is 0 Å². The maximum absolute atomic E-state index is 12.2. The van der Waals surface area contributed by atoms with Gasteiger partial charge in [0.05, 0.1) is 11.4 Å². The monoisotopic (exact) mass is 349 g/mol. The van der Waals surface area contributed by atoms with Crippen LogP contribution in [0.25, 0.3) is 0 Å². The smallest absolute Gasteiger partial charge is 0.275 e. The molecular weight excluding hydrogens is 338 g/mol. The van der Waals surface area contributed by atoms with Crippen molar-refractivity contribution in [3.05, 3.63) is 40.6 Å². The van der Waals surface area contributed by atoms with E-state index < -0.39 is 0 Å². The van der Waals surface area contributed by atoms with Crippen molar-refractivity contribution >= 4 is 33.2 Å². The first kappa shape index (κ1) is 13.7. The van der Waals surface area contributed by atoms with E-state index in [1.54, 1.807) is 30.5 Å². The minimum absolute atomic E-state index is 0.284. The Morgan fingerprint density at radius 1 is 1.29 bits per heavy atom. The van der Waals surface area contributed by atoms with Gasteiger partial charge in [0.15, 0.2) is 11.5 Å². The average molecular weight is 350 g/mol. The van der Waals surface area contributed by atoms with Gasteiger partial charge in [0.25, 0.3) is 5.91 Å². The van der Waals surface area contributed by atoms with Crippen LogP contribution in [0, 0.1) is 0 Å². The summed E-state index contributed by atoms with van der Waals surface area (Å²) in [4.78, 5) is 16.3. The fraction of sp³-hybridized carbons (Fsp3) is 0.143. The molecule has 3 rings (SSSR count). The Bertz CT molecular complexity index is 706. The minimum Gasteiger partial charge on any atom is -0.486 e. The number of aromatic nitrogens is 1. The summed E-state index contributed by atoms with van der Waals surface area (Å²) in [7, 11) is 0. The van der Waals surface area contributed by atoms with Gasteiger partial charge >= 0.3 is 0 Å². The molecule has 0 bridgehead atoms. The number of hydrogen-bond donors (Lipinski definition) is 2. The Morgan fingerprint density at radius 2 is 2.00 bits per heavy atom. The van der Waals surface area contributed by atoms with Gasteiger partial charge in [-0.3, -0.25) is 4.79 Å². The topological polar surface area (TPSA) is 86.5 Å². The first-order chi connectivity index (χ1) is 10.1. The number of halogens is 1. The fourth-order valence-electron chi connectivity index (χ4n) is 1.95. The average Bonchev–Trinajstić information content (AvgIpc) is 2.48. The highest BCUT2D eigenvalue weighted by Gasteiger charge is 2.17. The summed E-state index contributed by atoms with van der Waals surface area (Å²) < 4.78 is 11.5. The number of nitrogens with one attached hydrogen (secondary N) is 1. The van der Waals surface area contributed by atoms with Gasteiger partial charge in [-0.1, -0.05) is 0 Å². The normalized spacial score (nSPS) is 12.8. The summed E-state index contributed by atoms with van der Waals surface area (Å²) in [6.07, 6.45) is 1.55. The molecule has 1 aliphatic heterocycles. The number of rotatable bonds is 2. The summed E-state index contributed by atoms with van der Waals surface area (Å²) in [5.41, 5.74) is 7.07. The van der Waals surface area contributed by atoms with E-state index in [4.69, 9.17) is 15.2 Å². The third kappa shape index (κ3) is 2.78. The maximum Gasteiger partial charge on any atom is 0.275 e. The molecule has 1 aromatic heterocycles. The second-order valence-electron chi connectivity index (χ2n) is 4.37. The summed E-state index contributed by atoms with van der Waals surface area (Å²) in [6.45, 7) is 0.953. The first-order valence-electron chi connectivity index (χ1n) is 6.26. The largest absolute Gasteiger partial charge is 0.486 e. The number of nitrogen functional groups attached to an aromatic ring is 1. The number of amides is 1. The summed E-state index contributed by atoms with van der Waals surface area (Å²) >= 11 is 3.29. The number of nitrogens with zero attached hydrogens (tertiary/aromatic N) is 1. The third-order valence-corrected chi connectivity index (χ3v) is 3.58. The van der Waals surface area contributed by atoms with E-state index >= 15 is 0 Å². The van der Waals surface area contributed by atoms with E-state index in [2.05, 4.69) is 26.2 Å². The lowest BCUT2D eigenvalue weighted by Gasteiger charge is -2.20. The van der Waals surface area contributed by atoms with E-state index in [0.29, 0.717) is 40.6 Å². The molecule has 0 spiro atoms. The van der Waals surface area contributed by atoms with Gasteiger partial charge in [0, 0.05) is 22.8 Å². The number of fused-ring (bicyclic) bond motifs is 1. The van der Waals surface area contributed by atoms with Crippen LogP contribution >= 0.6 is 15.9 Å². The number of anilines is 2. The highest BCUT2D eigenvalue weighted by molar-refractivity contribution is 9.10. The zero-order chi connectivity index (χ0) is 14.8. The molecule has 1 aromatic carbocycles. The molecule has 2 heterocycles. The van der Waals surface area contributed by atoms with Gasteiger partial charge in [0.2, 0.25) is 0 Å². The van der Waals surface area contributed by atoms with Crippen LogP contribution in [0.4, 0.5) is 11.4 Å². The molecule has 2 aromatic rings. The number of nitrogens with two attached hydrogens (primary N) is 1. The van der Waals surface area contributed by atoms with Crippen molar-refractivity contribution in [3.8, 4) is 11.5 Å². The number of pyridine rings is 1. The summed E-state index contributed by atoms with van der Waals surface area (Å²) in [5, 5.41) is 2.73. The number of hydrogen-bond acceptors (Lipinski definition) is 5.